The molecule has 2 nitrogen and oxygen atoms in total. The van der Waals surface area contributed by atoms with Crippen LogP contribution in [0.25, 0.3) is 0 Å². The van der Waals surface area contributed by atoms with E-state index in [-0.39, 0.29) is 12.1 Å². The molecule has 0 amide bonds. The molecule has 0 aliphatic carbocycles. The minimum atomic E-state index is -4.28. The quantitative estimate of drug-likeness (QED) is 0.884. The lowest BCUT2D eigenvalue weighted by atomic mass is 10.0. The molecule has 1 atom stereocenters. The van der Waals surface area contributed by atoms with E-state index in [0.717, 1.165) is 6.07 Å². The predicted molar refractivity (Wildman–Crippen MR) is 57.6 cm³/mol. The maximum absolute atomic E-state index is 12.5. The minimum Gasteiger partial charge on any atom is -0.378 e. The third kappa shape index (κ3) is 2.98. The fourth-order valence-electron chi connectivity index (χ4n) is 1.77. The van der Waals surface area contributed by atoms with Crippen LogP contribution in [0, 0.1) is 0 Å². The van der Waals surface area contributed by atoms with Gasteiger partial charge in [0.1, 0.15) is 0 Å². The summed E-state index contributed by atoms with van der Waals surface area (Å²) in [5.74, 6) is 0. The highest BCUT2D eigenvalue weighted by Gasteiger charge is 2.31. The molecule has 0 aromatic heterocycles. The van der Waals surface area contributed by atoms with Gasteiger partial charge in [0.05, 0.1) is 24.8 Å². The van der Waals surface area contributed by atoms with E-state index in [4.69, 9.17) is 4.74 Å². The van der Waals surface area contributed by atoms with Crippen LogP contribution in [0.1, 0.15) is 24.1 Å². The highest BCUT2D eigenvalue weighted by molar-refractivity contribution is 5.27. The van der Waals surface area contributed by atoms with Gasteiger partial charge in [0.2, 0.25) is 0 Å². The van der Waals surface area contributed by atoms with Gasteiger partial charge in [0, 0.05) is 6.04 Å². The second-order valence-electron chi connectivity index (χ2n) is 4.25. The second kappa shape index (κ2) is 4.66. The molecular weight excluding hydrogens is 231 g/mol. The first-order valence-electron chi connectivity index (χ1n) is 5.48. The SMILES string of the molecule is C[C@H](NC1COC1)c1cccc(C(F)(F)F)c1. The maximum Gasteiger partial charge on any atom is 0.416 e. The number of alkyl halides is 3. The first-order chi connectivity index (χ1) is 7.97. The van der Waals surface area contributed by atoms with E-state index in [1.54, 1.807) is 6.07 Å². The Morgan fingerprint density at radius 3 is 2.59 bits per heavy atom. The molecular formula is C12H14F3NO. The summed E-state index contributed by atoms with van der Waals surface area (Å²) in [5.41, 5.74) is 0.0419. The third-order valence-corrected chi connectivity index (χ3v) is 2.84. The van der Waals surface area contributed by atoms with Crippen molar-refractivity contribution in [2.24, 2.45) is 0 Å². The molecule has 1 N–H and O–H groups in total. The van der Waals surface area contributed by atoms with Gasteiger partial charge in [-0.15, -0.1) is 0 Å². The van der Waals surface area contributed by atoms with Crippen molar-refractivity contribution in [2.45, 2.75) is 25.2 Å². The summed E-state index contributed by atoms with van der Waals surface area (Å²) >= 11 is 0. The van der Waals surface area contributed by atoms with E-state index in [1.807, 2.05) is 6.92 Å². The van der Waals surface area contributed by atoms with Gasteiger partial charge in [-0.3, -0.25) is 0 Å². The molecule has 94 valence electrons. The lowest BCUT2D eigenvalue weighted by Gasteiger charge is -2.30. The van der Waals surface area contributed by atoms with Gasteiger partial charge in [-0.05, 0) is 24.6 Å². The minimum absolute atomic E-state index is 0.105. The Kier molecular flexibility index (Phi) is 3.40. The molecule has 0 spiro atoms. The van der Waals surface area contributed by atoms with Gasteiger partial charge in [0.15, 0.2) is 0 Å². The van der Waals surface area contributed by atoms with Crippen molar-refractivity contribution in [3.63, 3.8) is 0 Å². The molecule has 1 aromatic carbocycles. The van der Waals surface area contributed by atoms with Gasteiger partial charge >= 0.3 is 6.18 Å². The topological polar surface area (TPSA) is 21.3 Å². The average Bonchev–Trinajstić information content (AvgIpc) is 2.22. The highest BCUT2D eigenvalue weighted by Crippen LogP contribution is 2.30. The smallest absolute Gasteiger partial charge is 0.378 e. The van der Waals surface area contributed by atoms with Crippen LogP contribution in [0.2, 0.25) is 0 Å². The highest BCUT2D eigenvalue weighted by atomic mass is 19.4. The van der Waals surface area contributed by atoms with E-state index in [1.165, 1.54) is 12.1 Å². The first-order valence-corrected chi connectivity index (χ1v) is 5.48. The fourth-order valence-corrected chi connectivity index (χ4v) is 1.77. The van der Waals surface area contributed by atoms with Crippen molar-refractivity contribution in [1.82, 2.24) is 5.32 Å². The van der Waals surface area contributed by atoms with Crippen molar-refractivity contribution >= 4 is 0 Å². The first kappa shape index (κ1) is 12.4. The number of ether oxygens (including phenoxy) is 1. The Bertz CT molecular complexity index is 388. The van der Waals surface area contributed by atoms with Gasteiger partial charge in [-0.2, -0.15) is 13.2 Å². The zero-order valence-corrected chi connectivity index (χ0v) is 9.42. The normalized spacial score (nSPS) is 18.8. The van der Waals surface area contributed by atoms with Crippen LogP contribution >= 0.6 is 0 Å². The van der Waals surface area contributed by atoms with Crippen molar-refractivity contribution in [3.05, 3.63) is 35.4 Å². The Hall–Kier alpha value is -1.07. The molecule has 17 heavy (non-hydrogen) atoms. The summed E-state index contributed by atoms with van der Waals surface area (Å²) in [6.45, 7) is 3.11. The van der Waals surface area contributed by atoms with Gasteiger partial charge in [0.25, 0.3) is 0 Å². The zero-order chi connectivity index (χ0) is 12.5. The van der Waals surface area contributed by atoms with Crippen LogP contribution in [0.3, 0.4) is 0 Å². The van der Waals surface area contributed by atoms with Crippen LogP contribution in [0.15, 0.2) is 24.3 Å². The lowest BCUT2D eigenvalue weighted by Crippen LogP contribution is -2.46. The van der Waals surface area contributed by atoms with Crippen molar-refractivity contribution < 1.29 is 17.9 Å². The van der Waals surface area contributed by atoms with E-state index in [9.17, 15) is 13.2 Å². The van der Waals surface area contributed by atoms with Crippen molar-refractivity contribution in [1.29, 1.82) is 0 Å². The third-order valence-electron chi connectivity index (χ3n) is 2.84. The zero-order valence-electron chi connectivity index (χ0n) is 9.42. The second-order valence-corrected chi connectivity index (χ2v) is 4.25. The Labute approximate surface area is 97.8 Å². The molecule has 2 rings (SSSR count). The summed E-state index contributed by atoms with van der Waals surface area (Å²) in [6, 6.07) is 5.56. The maximum atomic E-state index is 12.5. The predicted octanol–water partition coefficient (Wildman–Crippen LogP) is 2.75. The van der Waals surface area contributed by atoms with Crippen LogP contribution in [0.5, 0.6) is 0 Å². The fraction of sp³-hybridized carbons (Fsp3) is 0.500. The summed E-state index contributed by atoms with van der Waals surface area (Å²) in [4.78, 5) is 0. The van der Waals surface area contributed by atoms with Gasteiger partial charge in [-0.1, -0.05) is 12.1 Å². The number of rotatable bonds is 3. The molecule has 1 aliphatic heterocycles. The van der Waals surface area contributed by atoms with Gasteiger partial charge < -0.3 is 10.1 Å². The van der Waals surface area contributed by atoms with E-state index >= 15 is 0 Å². The van der Waals surface area contributed by atoms with Crippen molar-refractivity contribution in [2.75, 3.05) is 13.2 Å². The van der Waals surface area contributed by atoms with Gasteiger partial charge in [-0.25, -0.2) is 0 Å². The molecule has 0 bridgehead atoms. The molecule has 5 heteroatoms. The van der Waals surface area contributed by atoms with E-state index < -0.39 is 11.7 Å². The molecule has 0 saturated carbocycles. The van der Waals surface area contributed by atoms with Crippen LogP contribution in [-0.2, 0) is 10.9 Å². The number of benzene rings is 1. The number of hydrogen-bond donors (Lipinski definition) is 1. The lowest BCUT2D eigenvalue weighted by molar-refractivity contribution is -0.137. The largest absolute Gasteiger partial charge is 0.416 e. The molecule has 1 fully saturated rings. The molecule has 1 aromatic rings. The summed E-state index contributed by atoms with van der Waals surface area (Å²) in [6.07, 6.45) is -4.28. The standard InChI is InChI=1S/C12H14F3NO/c1-8(16-11-6-17-7-11)9-3-2-4-10(5-9)12(13,14)15/h2-5,8,11,16H,6-7H2,1H3/t8-/m0/s1. The molecule has 1 heterocycles. The van der Waals surface area contributed by atoms with Crippen LogP contribution in [0.4, 0.5) is 13.2 Å². The van der Waals surface area contributed by atoms with Crippen LogP contribution < -0.4 is 5.32 Å². The number of nitrogens with one attached hydrogen (secondary N) is 1. The molecule has 0 unspecified atom stereocenters. The summed E-state index contributed by atoms with van der Waals surface area (Å²) < 4.78 is 42.6. The summed E-state index contributed by atoms with van der Waals surface area (Å²) in [5, 5.41) is 3.22. The Morgan fingerprint density at radius 2 is 2.06 bits per heavy atom. The molecule has 1 aliphatic rings. The number of halogens is 3. The Morgan fingerprint density at radius 1 is 1.35 bits per heavy atom. The van der Waals surface area contributed by atoms with Crippen LogP contribution in [-0.4, -0.2) is 19.3 Å². The Balaban J connectivity index is 2.09. The van der Waals surface area contributed by atoms with E-state index in [2.05, 4.69) is 5.32 Å². The monoisotopic (exact) mass is 245 g/mol. The average molecular weight is 245 g/mol. The van der Waals surface area contributed by atoms with E-state index in [0.29, 0.717) is 18.8 Å². The summed E-state index contributed by atoms with van der Waals surface area (Å²) in [7, 11) is 0. The molecule has 1 saturated heterocycles. The van der Waals surface area contributed by atoms with Crippen molar-refractivity contribution in [3.8, 4) is 0 Å². The molecule has 0 radical (unpaired) electrons. The number of hydrogen-bond acceptors (Lipinski definition) is 2.